The van der Waals surface area contributed by atoms with Crippen LogP contribution in [0.2, 0.25) is 0 Å². The molecule has 0 aromatic rings. The molecule has 0 fully saturated rings. The van der Waals surface area contributed by atoms with Gasteiger partial charge >= 0.3 is 5.97 Å². The predicted molar refractivity (Wildman–Crippen MR) is 156 cm³/mol. The third-order valence-electron chi connectivity index (χ3n) is 6.41. The fourth-order valence-corrected chi connectivity index (χ4v) is 4.00. The average molecular weight is 485 g/mol. The van der Waals surface area contributed by atoms with Gasteiger partial charge in [-0.25, -0.2) is 0 Å². The summed E-state index contributed by atoms with van der Waals surface area (Å²) in [5.74, 6) is -0.670. The lowest BCUT2D eigenvalue weighted by atomic mass is 10.1. The minimum atomic E-state index is -0.670. The Kier molecular flexibility index (Phi) is 44.4. The summed E-state index contributed by atoms with van der Waals surface area (Å²) in [5, 5.41) is 8.27. The zero-order chi connectivity index (χ0) is 26.0. The molecule has 1 N–H and O–H groups in total. The molecule has 0 aliphatic rings. The van der Waals surface area contributed by atoms with Crippen molar-refractivity contribution in [1.82, 2.24) is 0 Å². The van der Waals surface area contributed by atoms with E-state index < -0.39 is 5.97 Å². The van der Waals surface area contributed by atoms with Crippen molar-refractivity contribution in [1.29, 1.82) is 0 Å². The van der Waals surface area contributed by atoms with Crippen LogP contribution >= 0.6 is 0 Å². The zero-order valence-electron chi connectivity index (χ0n) is 24.7. The third kappa shape index (κ3) is 48.8. The number of unbranched alkanes of at least 4 members (excludes halogenated alkanes) is 22. The Labute approximate surface area is 217 Å². The van der Waals surface area contributed by atoms with Gasteiger partial charge in [-0.05, 0) is 6.42 Å². The van der Waals surface area contributed by atoms with Crippen molar-refractivity contribution in [3.05, 3.63) is 0 Å². The van der Waals surface area contributed by atoms with Gasteiger partial charge in [-0.2, -0.15) is 0 Å². The summed E-state index contributed by atoms with van der Waals surface area (Å²) in [5.41, 5.74) is 0. The van der Waals surface area contributed by atoms with Crippen LogP contribution in [0, 0.1) is 0 Å². The van der Waals surface area contributed by atoms with E-state index in [0.29, 0.717) is 6.42 Å². The summed E-state index contributed by atoms with van der Waals surface area (Å²) in [6.07, 6.45) is 34.8. The summed E-state index contributed by atoms with van der Waals surface area (Å²) >= 11 is 0. The Hall–Kier alpha value is -0.530. The van der Waals surface area contributed by atoms with Gasteiger partial charge in [0, 0.05) is 6.42 Å². The molecule has 0 aliphatic heterocycles. The highest BCUT2D eigenvalue weighted by molar-refractivity contribution is 5.66. The lowest BCUT2D eigenvalue weighted by molar-refractivity contribution is -0.137. The molecule has 208 valence electrons. The van der Waals surface area contributed by atoms with Crippen LogP contribution in [0.5, 0.6) is 0 Å². The molecule has 2 nitrogen and oxygen atoms in total. The van der Waals surface area contributed by atoms with Gasteiger partial charge in [-0.1, -0.05) is 189 Å². The van der Waals surface area contributed by atoms with Crippen LogP contribution in [0.3, 0.4) is 0 Å². The molecular weight excluding hydrogens is 416 g/mol. The Morgan fingerprint density at radius 1 is 0.353 bits per heavy atom. The Morgan fingerprint density at radius 3 is 0.706 bits per heavy atom. The first-order valence-corrected chi connectivity index (χ1v) is 15.8. The van der Waals surface area contributed by atoms with Crippen LogP contribution in [-0.2, 0) is 4.79 Å². The van der Waals surface area contributed by atoms with E-state index in [-0.39, 0.29) is 0 Å². The average Bonchev–Trinajstić information content (AvgIpc) is 2.83. The summed E-state index contributed by atoms with van der Waals surface area (Å²) in [4.78, 5) is 10.0. The molecule has 0 aromatic carbocycles. The van der Waals surface area contributed by atoms with Crippen molar-refractivity contribution >= 4 is 5.97 Å². The van der Waals surface area contributed by atoms with Crippen LogP contribution in [0.4, 0.5) is 0 Å². The number of rotatable bonds is 24. The first-order chi connectivity index (χ1) is 16.6. The largest absolute Gasteiger partial charge is 0.481 e. The minimum absolute atomic E-state index is 0.337. The molecule has 0 saturated heterocycles. The molecule has 0 saturated carbocycles. The minimum Gasteiger partial charge on any atom is -0.481 e. The van der Waals surface area contributed by atoms with E-state index in [0.717, 1.165) is 12.8 Å². The monoisotopic (exact) mass is 485 g/mol. The van der Waals surface area contributed by atoms with E-state index >= 15 is 0 Å². The highest BCUT2D eigenvalue weighted by atomic mass is 16.4. The molecule has 0 bridgehead atoms. The first-order valence-electron chi connectivity index (χ1n) is 15.8. The highest BCUT2D eigenvalue weighted by Crippen LogP contribution is 2.11. The van der Waals surface area contributed by atoms with E-state index in [4.69, 9.17) is 5.11 Å². The van der Waals surface area contributed by atoms with E-state index in [9.17, 15) is 4.79 Å². The van der Waals surface area contributed by atoms with E-state index in [1.165, 1.54) is 148 Å². The molecule has 0 aliphatic carbocycles. The molecule has 2 heteroatoms. The smallest absolute Gasteiger partial charge is 0.303 e. The van der Waals surface area contributed by atoms with Gasteiger partial charge in [-0.3, -0.25) is 4.79 Å². The number of carboxylic acids is 1. The van der Waals surface area contributed by atoms with Crippen molar-refractivity contribution in [2.45, 2.75) is 202 Å². The predicted octanol–water partition coefficient (Wildman–Crippen LogP) is 12.3. The fourth-order valence-electron chi connectivity index (χ4n) is 4.00. The lowest BCUT2D eigenvalue weighted by Crippen LogP contribution is -1.93. The molecule has 34 heavy (non-hydrogen) atoms. The van der Waals surface area contributed by atoms with Crippen molar-refractivity contribution in [3.63, 3.8) is 0 Å². The summed E-state index contributed by atoms with van der Waals surface area (Å²) < 4.78 is 0. The normalized spacial score (nSPS) is 10.3. The number of aliphatic carboxylic acids is 1. The maximum Gasteiger partial charge on any atom is 0.303 e. The van der Waals surface area contributed by atoms with Crippen LogP contribution in [0.15, 0.2) is 0 Å². The van der Waals surface area contributed by atoms with Gasteiger partial charge in [0.2, 0.25) is 0 Å². The van der Waals surface area contributed by atoms with Gasteiger partial charge in [-0.15, -0.1) is 0 Å². The van der Waals surface area contributed by atoms with Crippen LogP contribution in [0.1, 0.15) is 202 Å². The second-order valence-corrected chi connectivity index (χ2v) is 10.2. The van der Waals surface area contributed by atoms with Gasteiger partial charge in [0.05, 0.1) is 0 Å². The maximum absolute atomic E-state index is 10.0. The van der Waals surface area contributed by atoms with Crippen molar-refractivity contribution in [2.75, 3.05) is 0 Å². The Morgan fingerprint density at radius 2 is 0.529 bits per heavy atom. The fraction of sp³-hybridized carbons (Fsp3) is 0.969. The second-order valence-electron chi connectivity index (χ2n) is 10.2. The topological polar surface area (TPSA) is 37.3 Å². The van der Waals surface area contributed by atoms with E-state index in [1.54, 1.807) is 0 Å². The summed E-state index contributed by atoms with van der Waals surface area (Å²) in [7, 11) is 0. The lowest BCUT2D eigenvalue weighted by Gasteiger charge is -1.99. The summed E-state index contributed by atoms with van der Waals surface area (Å²) in [6, 6.07) is 0. The summed E-state index contributed by atoms with van der Waals surface area (Å²) in [6.45, 7) is 11.3. The molecule has 0 rings (SSSR count). The first kappa shape index (κ1) is 38.0. The molecule has 0 atom stereocenters. The van der Waals surface area contributed by atoms with Crippen molar-refractivity contribution in [3.8, 4) is 0 Å². The highest BCUT2D eigenvalue weighted by Gasteiger charge is 1.95. The molecule has 0 aromatic heterocycles. The maximum atomic E-state index is 10.0. The molecule has 0 radical (unpaired) electrons. The molecule has 0 amide bonds. The molecular formula is C32H68O2. The van der Waals surface area contributed by atoms with Crippen molar-refractivity contribution in [2.24, 2.45) is 0 Å². The second kappa shape index (κ2) is 39.7. The van der Waals surface area contributed by atoms with Gasteiger partial charge in [0.1, 0.15) is 0 Å². The Balaban J connectivity index is -0.000000426. The molecule has 0 unspecified atom stereocenters. The van der Waals surface area contributed by atoms with Gasteiger partial charge < -0.3 is 5.11 Å². The number of hydrogen-bond acceptors (Lipinski definition) is 1. The zero-order valence-corrected chi connectivity index (χ0v) is 24.7. The van der Waals surface area contributed by atoms with Crippen molar-refractivity contribution < 1.29 is 9.90 Å². The van der Waals surface area contributed by atoms with Crippen LogP contribution in [0.25, 0.3) is 0 Å². The molecule has 0 heterocycles. The van der Waals surface area contributed by atoms with Gasteiger partial charge in [0.25, 0.3) is 0 Å². The number of hydrogen-bond donors (Lipinski definition) is 1. The van der Waals surface area contributed by atoms with Gasteiger partial charge in [0.15, 0.2) is 0 Å². The van der Waals surface area contributed by atoms with Crippen LogP contribution in [-0.4, -0.2) is 11.1 Å². The van der Waals surface area contributed by atoms with E-state index in [2.05, 4.69) is 34.6 Å². The standard InChI is InChI=1S/2C12H26.C8H16O2/c2*1-3-5-7-9-11-12-10-8-6-4-2;1-2-3-4-5-6-7-8(9)10/h2*3-12H2,1-2H3;2-7H2,1H3,(H,9,10). The van der Waals surface area contributed by atoms with Crippen LogP contribution < -0.4 is 0 Å². The quantitative estimate of drug-likeness (QED) is 0.138. The molecule has 0 spiro atoms. The SMILES string of the molecule is CCCCCCCC(=O)O.CCCCCCCCCCCC.CCCCCCCCCCCC. The number of carbonyl (C=O) groups is 1. The van der Waals surface area contributed by atoms with E-state index in [1.807, 2.05) is 0 Å². The Bertz CT molecular complexity index is 287. The third-order valence-corrected chi connectivity index (χ3v) is 6.41. The number of carboxylic acid groups (broad SMARTS) is 1.